The fraction of sp³-hybridized carbons (Fsp3) is 0.676. The van der Waals surface area contributed by atoms with Crippen LogP contribution in [0, 0.1) is 18.8 Å². The molecule has 2 heterocycles. The van der Waals surface area contributed by atoms with E-state index in [9.17, 15) is 0 Å². The molecule has 0 amide bonds. The highest BCUT2D eigenvalue weighted by molar-refractivity contribution is 5.04. The molecular weight excluding hydrogens is 436 g/mol. The topological polar surface area (TPSA) is 25.8 Å². The van der Waals surface area contributed by atoms with E-state index in [1.165, 1.54) is 121 Å². The predicted molar refractivity (Wildman–Crippen MR) is 157 cm³/mol. The van der Waals surface area contributed by atoms with Gasteiger partial charge in [0.15, 0.2) is 0 Å². The van der Waals surface area contributed by atoms with Crippen LogP contribution in [0.15, 0.2) is 48.8 Å². The summed E-state index contributed by atoms with van der Waals surface area (Å²) in [7, 11) is 0. The SMILES string of the molecule is [CH2]CCC(CCCCCCCC)C(CCCCCCCCc1ccccn1)CCCc1ccccn1. The fourth-order valence-corrected chi connectivity index (χ4v) is 5.74. The second-order valence-electron chi connectivity index (χ2n) is 10.9. The third-order valence-electron chi connectivity index (χ3n) is 7.89. The van der Waals surface area contributed by atoms with E-state index in [1.54, 1.807) is 0 Å². The van der Waals surface area contributed by atoms with E-state index in [2.05, 4.69) is 48.1 Å². The van der Waals surface area contributed by atoms with Crippen molar-refractivity contribution in [3.63, 3.8) is 0 Å². The van der Waals surface area contributed by atoms with Crippen LogP contribution >= 0.6 is 0 Å². The molecule has 0 aliphatic carbocycles. The van der Waals surface area contributed by atoms with E-state index in [0.717, 1.165) is 31.1 Å². The molecule has 2 atom stereocenters. The first kappa shape index (κ1) is 30.5. The minimum absolute atomic E-state index is 0.871. The molecule has 0 bridgehead atoms. The third-order valence-corrected chi connectivity index (χ3v) is 7.89. The van der Waals surface area contributed by atoms with Crippen LogP contribution in [-0.4, -0.2) is 9.97 Å². The number of nitrogens with zero attached hydrogens (tertiary/aromatic N) is 2. The maximum atomic E-state index is 4.56. The summed E-state index contributed by atoms with van der Waals surface area (Å²) in [6.45, 7) is 6.56. The van der Waals surface area contributed by atoms with Gasteiger partial charge in [-0.05, 0) is 68.2 Å². The van der Waals surface area contributed by atoms with Crippen molar-refractivity contribution < 1.29 is 0 Å². The van der Waals surface area contributed by atoms with Gasteiger partial charge in [0.1, 0.15) is 0 Å². The zero-order chi connectivity index (χ0) is 25.5. The van der Waals surface area contributed by atoms with Crippen LogP contribution in [0.4, 0.5) is 0 Å². The van der Waals surface area contributed by atoms with E-state index in [4.69, 9.17) is 0 Å². The molecule has 1 radical (unpaired) electrons. The lowest BCUT2D eigenvalue weighted by Crippen LogP contribution is -2.16. The molecule has 0 aliphatic rings. The third kappa shape index (κ3) is 14.8. The van der Waals surface area contributed by atoms with Gasteiger partial charge in [0, 0.05) is 23.8 Å². The number of unbranched alkanes of at least 4 members (excludes halogenated alkanes) is 10. The van der Waals surface area contributed by atoms with Crippen LogP contribution < -0.4 is 0 Å². The zero-order valence-corrected chi connectivity index (χ0v) is 23.5. The summed E-state index contributed by atoms with van der Waals surface area (Å²) < 4.78 is 0. The molecule has 2 heteroatoms. The van der Waals surface area contributed by atoms with Gasteiger partial charge in [0.25, 0.3) is 0 Å². The van der Waals surface area contributed by atoms with Gasteiger partial charge in [-0.15, -0.1) is 0 Å². The summed E-state index contributed by atoms with van der Waals surface area (Å²) >= 11 is 0. The number of aryl methyl sites for hydroxylation is 2. The lowest BCUT2D eigenvalue weighted by molar-refractivity contribution is 0.245. The molecule has 36 heavy (non-hydrogen) atoms. The fourth-order valence-electron chi connectivity index (χ4n) is 5.74. The Kier molecular flexibility index (Phi) is 18.1. The van der Waals surface area contributed by atoms with Gasteiger partial charge < -0.3 is 0 Å². The van der Waals surface area contributed by atoms with Crippen molar-refractivity contribution in [1.29, 1.82) is 0 Å². The van der Waals surface area contributed by atoms with Crippen molar-refractivity contribution in [2.75, 3.05) is 0 Å². The van der Waals surface area contributed by atoms with Gasteiger partial charge in [-0.25, -0.2) is 0 Å². The highest BCUT2D eigenvalue weighted by atomic mass is 14.7. The van der Waals surface area contributed by atoms with Gasteiger partial charge in [0.2, 0.25) is 0 Å². The van der Waals surface area contributed by atoms with E-state index in [1.807, 2.05) is 24.5 Å². The minimum Gasteiger partial charge on any atom is -0.261 e. The Bertz CT molecular complexity index is 714. The van der Waals surface area contributed by atoms with Gasteiger partial charge in [-0.3, -0.25) is 9.97 Å². The Labute approximate surface area is 224 Å². The molecule has 0 saturated carbocycles. The van der Waals surface area contributed by atoms with Crippen molar-refractivity contribution >= 4 is 0 Å². The van der Waals surface area contributed by atoms with Crippen LogP contribution in [0.5, 0.6) is 0 Å². The summed E-state index contributed by atoms with van der Waals surface area (Å²) in [4.78, 5) is 9.01. The number of rotatable bonds is 23. The largest absolute Gasteiger partial charge is 0.261 e. The lowest BCUT2D eigenvalue weighted by atomic mass is 9.78. The van der Waals surface area contributed by atoms with Crippen molar-refractivity contribution in [2.45, 2.75) is 135 Å². The molecule has 0 spiro atoms. The van der Waals surface area contributed by atoms with Crippen molar-refractivity contribution in [1.82, 2.24) is 9.97 Å². The highest BCUT2D eigenvalue weighted by Gasteiger charge is 2.20. The Balaban J connectivity index is 1.71. The first-order valence-electron chi connectivity index (χ1n) is 15.4. The molecule has 0 aromatic carbocycles. The second kappa shape index (κ2) is 21.4. The average Bonchev–Trinajstić information content (AvgIpc) is 2.91. The molecule has 2 unspecified atom stereocenters. The minimum atomic E-state index is 0.871. The first-order valence-corrected chi connectivity index (χ1v) is 15.4. The van der Waals surface area contributed by atoms with Crippen LogP contribution in [0.25, 0.3) is 0 Å². The summed E-state index contributed by atoms with van der Waals surface area (Å²) in [6.07, 6.45) is 30.6. The van der Waals surface area contributed by atoms with E-state index in [0.29, 0.717) is 0 Å². The van der Waals surface area contributed by atoms with Crippen LogP contribution in [0.1, 0.15) is 134 Å². The van der Waals surface area contributed by atoms with Crippen LogP contribution in [-0.2, 0) is 12.8 Å². The Morgan fingerprint density at radius 2 is 1.03 bits per heavy atom. The molecule has 0 fully saturated rings. The van der Waals surface area contributed by atoms with Crippen molar-refractivity contribution in [2.24, 2.45) is 11.8 Å². The summed E-state index contributed by atoms with van der Waals surface area (Å²) in [5.74, 6) is 1.74. The molecule has 2 rings (SSSR count). The first-order chi connectivity index (χ1) is 17.8. The molecule has 0 N–H and O–H groups in total. The Morgan fingerprint density at radius 1 is 0.556 bits per heavy atom. The molecule has 2 nitrogen and oxygen atoms in total. The number of hydrogen-bond donors (Lipinski definition) is 0. The van der Waals surface area contributed by atoms with Crippen molar-refractivity contribution in [3.05, 3.63) is 67.1 Å². The standard InChI is InChI=1S/C34H55N2/c1-3-5-6-7-10-13-22-31(21-4-2)32(24-20-28-34-27-17-19-30-36-34)23-14-11-8-9-12-15-25-33-26-16-18-29-35-33/h16-19,26-27,29-32H,2-15,20-25,28H2,1H3. The van der Waals surface area contributed by atoms with Gasteiger partial charge in [-0.2, -0.15) is 0 Å². The summed E-state index contributed by atoms with van der Waals surface area (Å²) in [5, 5.41) is 0. The average molecular weight is 492 g/mol. The number of aromatic nitrogens is 2. The number of pyridine rings is 2. The van der Waals surface area contributed by atoms with Crippen LogP contribution in [0.2, 0.25) is 0 Å². The lowest BCUT2D eigenvalue weighted by Gasteiger charge is -2.27. The summed E-state index contributed by atoms with van der Waals surface area (Å²) in [5.41, 5.74) is 2.50. The normalized spacial score (nSPS) is 13.1. The van der Waals surface area contributed by atoms with E-state index >= 15 is 0 Å². The molecular formula is C34H55N2. The second-order valence-corrected chi connectivity index (χ2v) is 10.9. The number of hydrogen-bond acceptors (Lipinski definition) is 2. The predicted octanol–water partition coefficient (Wildman–Crippen LogP) is 10.4. The van der Waals surface area contributed by atoms with Crippen LogP contribution in [0.3, 0.4) is 0 Å². The monoisotopic (exact) mass is 491 g/mol. The smallest absolute Gasteiger partial charge is 0.0403 e. The quantitative estimate of drug-likeness (QED) is 0.144. The van der Waals surface area contributed by atoms with Crippen molar-refractivity contribution in [3.8, 4) is 0 Å². The van der Waals surface area contributed by atoms with Gasteiger partial charge in [-0.1, -0.05) is 122 Å². The zero-order valence-electron chi connectivity index (χ0n) is 23.5. The van der Waals surface area contributed by atoms with Gasteiger partial charge >= 0.3 is 0 Å². The molecule has 0 saturated heterocycles. The highest BCUT2D eigenvalue weighted by Crippen LogP contribution is 2.32. The molecule has 2 aromatic heterocycles. The maximum Gasteiger partial charge on any atom is 0.0403 e. The molecule has 201 valence electrons. The Hall–Kier alpha value is -1.70. The molecule has 2 aromatic rings. The molecule has 0 aliphatic heterocycles. The van der Waals surface area contributed by atoms with E-state index < -0.39 is 0 Å². The van der Waals surface area contributed by atoms with Gasteiger partial charge in [0.05, 0.1) is 0 Å². The summed E-state index contributed by atoms with van der Waals surface area (Å²) in [6, 6.07) is 12.6. The maximum absolute atomic E-state index is 4.56. The Morgan fingerprint density at radius 3 is 1.56 bits per heavy atom. The van der Waals surface area contributed by atoms with E-state index in [-0.39, 0.29) is 0 Å².